The second kappa shape index (κ2) is 8.13. The number of anilines is 1. The minimum absolute atomic E-state index is 0.0662. The van der Waals surface area contributed by atoms with Crippen LogP contribution in [0.2, 0.25) is 0 Å². The number of hydrogen-bond donors (Lipinski definition) is 3. The van der Waals surface area contributed by atoms with Crippen molar-refractivity contribution in [2.45, 2.75) is 12.8 Å². The first-order valence-electron chi connectivity index (χ1n) is 11.9. The predicted molar refractivity (Wildman–Crippen MR) is 139 cm³/mol. The Hall–Kier alpha value is -4.85. The molecule has 8 heteroatoms. The minimum atomic E-state index is 0.0662. The van der Waals surface area contributed by atoms with Gasteiger partial charge in [0.05, 0.1) is 34.1 Å². The lowest BCUT2D eigenvalue weighted by Crippen LogP contribution is -2.13. The van der Waals surface area contributed by atoms with Gasteiger partial charge in [0.1, 0.15) is 5.69 Å². The van der Waals surface area contributed by atoms with Crippen molar-refractivity contribution in [1.82, 2.24) is 30.1 Å². The van der Waals surface area contributed by atoms with E-state index in [0.29, 0.717) is 11.5 Å². The topological polar surface area (TPSA) is 112 Å². The number of hydrogen-bond acceptors (Lipinski definition) is 5. The summed E-state index contributed by atoms with van der Waals surface area (Å²) < 4.78 is 0. The van der Waals surface area contributed by atoms with Gasteiger partial charge in [0.25, 0.3) is 0 Å². The summed E-state index contributed by atoms with van der Waals surface area (Å²) in [6.45, 7) is 0. The summed E-state index contributed by atoms with van der Waals surface area (Å²) in [5.74, 6) is 0.886. The number of fused-ring (bicyclic) bond motifs is 2. The third-order valence-corrected chi connectivity index (χ3v) is 6.53. The molecule has 0 aliphatic heterocycles. The Bertz CT molecular complexity index is 1750. The van der Waals surface area contributed by atoms with Crippen molar-refractivity contribution in [3.8, 4) is 33.9 Å². The van der Waals surface area contributed by atoms with Crippen molar-refractivity contribution >= 4 is 33.5 Å². The number of pyridine rings is 2. The van der Waals surface area contributed by atoms with E-state index < -0.39 is 0 Å². The summed E-state index contributed by atoms with van der Waals surface area (Å²) in [5, 5.41) is 11.6. The van der Waals surface area contributed by atoms with Crippen molar-refractivity contribution < 1.29 is 4.79 Å². The fourth-order valence-corrected chi connectivity index (χ4v) is 4.50. The minimum Gasteiger partial charge on any atom is -0.337 e. The molecule has 6 aromatic rings. The standard InChI is InChI=1S/C28H21N7O/c36-28(16-7-8-16)31-19-12-18(14-29-15-19)17-9-10-23-21(13-17)26(35-34-23)27-32-24-6-3-4-20(25(24)33-27)22-5-1-2-11-30-22/h1-6,9-16H,7-8H2,(H,31,36)(H,32,33)(H,34,35). The van der Waals surface area contributed by atoms with Crippen LogP contribution in [-0.2, 0) is 4.79 Å². The molecule has 0 saturated heterocycles. The maximum Gasteiger partial charge on any atom is 0.227 e. The van der Waals surface area contributed by atoms with Crippen LogP contribution in [0.15, 0.2) is 79.3 Å². The molecule has 4 aromatic heterocycles. The summed E-state index contributed by atoms with van der Waals surface area (Å²) in [6.07, 6.45) is 7.19. The van der Waals surface area contributed by atoms with Crippen LogP contribution in [0.25, 0.3) is 55.8 Å². The van der Waals surface area contributed by atoms with Crippen LogP contribution in [0.5, 0.6) is 0 Å². The first-order valence-corrected chi connectivity index (χ1v) is 11.9. The lowest BCUT2D eigenvalue weighted by Gasteiger charge is -2.07. The summed E-state index contributed by atoms with van der Waals surface area (Å²) in [7, 11) is 0. The summed E-state index contributed by atoms with van der Waals surface area (Å²) >= 11 is 0. The average Bonchev–Trinajstić information content (AvgIpc) is 3.55. The predicted octanol–water partition coefficient (Wildman–Crippen LogP) is 5.58. The zero-order valence-electron chi connectivity index (χ0n) is 19.2. The molecule has 3 N–H and O–H groups in total. The molecule has 7 rings (SSSR count). The van der Waals surface area contributed by atoms with Crippen LogP contribution in [0.3, 0.4) is 0 Å². The first-order chi connectivity index (χ1) is 17.7. The average molecular weight is 472 g/mol. The highest BCUT2D eigenvalue weighted by Crippen LogP contribution is 2.34. The monoisotopic (exact) mass is 471 g/mol. The van der Waals surface area contributed by atoms with E-state index in [1.54, 1.807) is 18.6 Å². The molecule has 1 amide bonds. The van der Waals surface area contributed by atoms with Crippen molar-refractivity contribution in [1.29, 1.82) is 0 Å². The maximum absolute atomic E-state index is 12.2. The highest BCUT2D eigenvalue weighted by molar-refractivity contribution is 5.98. The van der Waals surface area contributed by atoms with Crippen LogP contribution in [0.4, 0.5) is 5.69 Å². The van der Waals surface area contributed by atoms with E-state index in [1.165, 1.54) is 0 Å². The number of aromatic nitrogens is 6. The number of rotatable bonds is 5. The van der Waals surface area contributed by atoms with E-state index in [9.17, 15) is 4.79 Å². The molecular weight excluding hydrogens is 450 g/mol. The van der Waals surface area contributed by atoms with E-state index in [4.69, 9.17) is 4.98 Å². The molecule has 2 aromatic carbocycles. The Morgan fingerprint density at radius 1 is 0.944 bits per heavy atom. The van der Waals surface area contributed by atoms with E-state index in [1.807, 2.05) is 54.6 Å². The smallest absolute Gasteiger partial charge is 0.227 e. The molecule has 36 heavy (non-hydrogen) atoms. The van der Waals surface area contributed by atoms with Crippen LogP contribution in [-0.4, -0.2) is 36.0 Å². The highest BCUT2D eigenvalue weighted by Gasteiger charge is 2.29. The zero-order chi connectivity index (χ0) is 24.1. The Morgan fingerprint density at radius 2 is 1.89 bits per heavy atom. The fourth-order valence-electron chi connectivity index (χ4n) is 4.50. The molecule has 0 unspecified atom stereocenters. The van der Waals surface area contributed by atoms with Crippen molar-refractivity contribution in [3.05, 3.63) is 79.3 Å². The second-order valence-electron chi connectivity index (χ2n) is 9.06. The Labute approximate surface area is 205 Å². The van der Waals surface area contributed by atoms with Crippen LogP contribution < -0.4 is 5.32 Å². The van der Waals surface area contributed by atoms with Gasteiger partial charge >= 0.3 is 0 Å². The third kappa shape index (κ3) is 3.60. The summed E-state index contributed by atoms with van der Waals surface area (Å²) in [4.78, 5) is 29.4. The molecule has 1 aliphatic carbocycles. The van der Waals surface area contributed by atoms with Gasteiger partial charge in [-0.25, -0.2) is 4.98 Å². The van der Waals surface area contributed by atoms with Crippen LogP contribution >= 0.6 is 0 Å². The SMILES string of the molecule is O=C(Nc1cncc(-c2ccc3[nH]nc(-c4nc5c(-c6ccccn6)cccc5[nH]4)c3c2)c1)C1CC1. The van der Waals surface area contributed by atoms with Crippen LogP contribution in [0.1, 0.15) is 12.8 Å². The quantitative estimate of drug-likeness (QED) is 0.304. The van der Waals surface area contributed by atoms with Crippen molar-refractivity contribution in [2.24, 2.45) is 5.92 Å². The zero-order valence-corrected chi connectivity index (χ0v) is 19.2. The van der Waals surface area contributed by atoms with Gasteiger partial charge in [-0.3, -0.25) is 19.9 Å². The molecule has 1 fully saturated rings. The Morgan fingerprint density at radius 3 is 2.75 bits per heavy atom. The molecular formula is C28H21N7O. The van der Waals surface area contributed by atoms with Gasteiger partial charge in [0.15, 0.2) is 5.82 Å². The molecule has 0 atom stereocenters. The maximum atomic E-state index is 12.2. The first kappa shape index (κ1) is 20.5. The largest absolute Gasteiger partial charge is 0.337 e. The molecule has 0 radical (unpaired) electrons. The number of benzene rings is 2. The molecule has 8 nitrogen and oxygen atoms in total. The fraction of sp³-hybridized carbons (Fsp3) is 0.107. The van der Waals surface area contributed by atoms with E-state index in [-0.39, 0.29) is 11.8 Å². The number of imidazole rings is 1. The number of carbonyl (C=O) groups is 1. The molecule has 1 saturated carbocycles. The van der Waals surface area contributed by atoms with Gasteiger partial charge in [-0.05, 0) is 54.8 Å². The van der Waals surface area contributed by atoms with Gasteiger partial charge in [-0.1, -0.05) is 24.3 Å². The number of H-pyrrole nitrogens is 2. The Balaban J connectivity index is 1.28. The molecule has 1 aliphatic rings. The number of nitrogens with one attached hydrogen (secondary N) is 3. The molecule has 4 heterocycles. The normalized spacial score (nSPS) is 13.3. The van der Waals surface area contributed by atoms with Gasteiger partial charge in [0, 0.05) is 34.8 Å². The molecule has 0 bridgehead atoms. The number of amides is 1. The summed E-state index contributed by atoms with van der Waals surface area (Å²) in [5.41, 5.74) is 7.85. The van der Waals surface area contributed by atoms with E-state index in [2.05, 4.69) is 36.5 Å². The molecule has 0 spiro atoms. The van der Waals surface area contributed by atoms with E-state index in [0.717, 1.165) is 62.9 Å². The lowest BCUT2D eigenvalue weighted by atomic mass is 10.0. The number of para-hydroxylation sites is 1. The van der Waals surface area contributed by atoms with Crippen LogP contribution in [0, 0.1) is 5.92 Å². The van der Waals surface area contributed by atoms with Gasteiger partial charge in [0.2, 0.25) is 5.91 Å². The third-order valence-electron chi connectivity index (χ3n) is 6.53. The summed E-state index contributed by atoms with van der Waals surface area (Å²) in [6, 6.07) is 19.9. The van der Waals surface area contributed by atoms with E-state index >= 15 is 0 Å². The molecule has 174 valence electrons. The number of nitrogens with zero attached hydrogens (tertiary/aromatic N) is 4. The Kier molecular flexibility index (Phi) is 4.63. The van der Waals surface area contributed by atoms with Crippen molar-refractivity contribution in [3.63, 3.8) is 0 Å². The van der Waals surface area contributed by atoms with Crippen molar-refractivity contribution in [2.75, 3.05) is 5.32 Å². The number of carbonyl (C=O) groups excluding carboxylic acids is 1. The van der Waals surface area contributed by atoms with Gasteiger partial charge in [-0.2, -0.15) is 5.10 Å². The van der Waals surface area contributed by atoms with Gasteiger partial charge in [-0.15, -0.1) is 0 Å². The van der Waals surface area contributed by atoms with Gasteiger partial charge < -0.3 is 10.3 Å². The second-order valence-corrected chi connectivity index (χ2v) is 9.06. The number of aromatic amines is 2. The highest BCUT2D eigenvalue weighted by atomic mass is 16.2. The lowest BCUT2D eigenvalue weighted by molar-refractivity contribution is -0.117.